The van der Waals surface area contributed by atoms with Crippen LogP contribution in [-0.4, -0.2) is 20.4 Å². The van der Waals surface area contributed by atoms with Gasteiger partial charge in [-0.05, 0) is 80.3 Å². The molecule has 0 aromatic heterocycles. The van der Waals surface area contributed by atoms with Gasteiger partial charge in [0.15, 0.2) is 0 Å². The summed E-state index contributed by atoms with van der Waals surface area (Å²) in [4.78, 5) is 13.0. The normalized spacial score (nSPS) is 19.2. The van der Waals surface area contributed by atoms with Gasteiger partial charge in [0, 0.05) is 11.7 Å². The quantitative estimate of drug-likeness (QED) is 0.554. The predicted octanol–water partition coefficient (Wildman–Crippen LogP) is 5.48. The van der Waals surface area contributed by atoms with E-state index < -0.39 is 15.4 Å². The third kappa shape index (κ3) is 4.85. The second-order valence-corrected chi connectivity index (χ2v) is 11.1. The first-order valence-electron chi connectivity index (χ1n) is 11.9. The van der Waals surface area contributed by atoms with Gasteiger partial charge >= 0.3 is 0 Å². The predicted molar refractivity (Wildman–Crippen MR) is 128 cm³/mol. The number of carbonyl (C=O) groups excluding carboxylic acids is 1. The number of sulfonamides is 1. The second-order valence-electron chi connectivity index (χ2n) is 9.45. The SMILES string of the molecule is CC[C@@H](C)NC(=O)C1(c2ccc(NS(=O)(=O)c3ccc(C4CCCCC4)cc3)cc2)CC1. The Morgan fingerprint density at radius 2 is 1.62 bits per heavy atom. The van der Waals surface area contributed by atoms with Crippen LogP contribution in [0.1, 0.15) is 82.3 Å². The highest BCUT2D eigenvalue weighted by atomic mass is 32.2. The Balaban J connectivity index is 1.43. The number of carbonyl (C=O) groups is 1. The molecular formula is C26H34N2O3S. The van der Waals surface area contributed by atoms with E-state index in [1.165, 1.54) is 37.7 Å². The first kappa shape index (κ1) is 22.8. The molecule has 2 N–H and O–H groups in total. The number of rotatable bonds is 8. The first-order valence-corrected chi connectivity index (χ1v) is 13.4. The Bertz CT molecular complexity index is 1040. The second kappa shape index (κ2) is 9.26. The summed E-state index contributed by atoms with van der Waals surface area (Å²) in [5.74, 6) is 0.617. The minimum Gasteiger partial charge on any atom is -0.353 e. The van der Waals surface area contributed by atoms with Crippen LogP contribution in [0.5, 0.6) is 0 Å². The molecule has 1 amide bonds. The summed E-state index contributed by atoms with van der Waals surface area (Å²) in [6.07, 6.45) is 8.73. The Labute approximate surface area is 192 Å². The summed E-state index contributed by atoms with van der Waals surface area (Å²) in [7, 11) is -3.66. The average molecular weight is 455 g/mol. The summed E-state index contributed by atoms with van der Waals surface area (Å²) in [5.41, 5.74) is 2.22. The van der Waals surface area contributed by atoms with Gasteiger partial charge in [-0.3, -0.25) is 9.52 Å². The molecule has 2 fully saturated rings. The topological polar surface area (TPSA) is 75.3 Å². The van der Waals surface area contributed by atoms with Crippen LogP contribution in [0.2, 0.25) is 0 Å². The maximum absolute atomic E-state index is 12.9. The largest absolute Gasteiger partial charge is 0.353 e. The highest BCUT2D eigenvalue weighted by Gasteiger charge is 2.51. The Hall–Kier alpha value is -2.34. The highest BCUT2D eigenvalue weighted by Crippen LogP contribution is 2.48. The number of nitrogens with one attached hydrogen (secondary N) is 2. The molecule has 2 saturated carbocycles. The van der Waals surface area contributed by atoms with Gasteiger partial charge in [0.25, 0.3) is 10.0 Å². The molecule has 172 valence electrons. The van der Waals surface area contributed by atoms with E-state index in [9.17, 15) is 13.2 Å². The van der Waals surface area contributed by atoms with Gasteiger partial charge in [-0.1, -0.05) is 50.5 Å². The van der Waals surface area contributed by atoms with E-state index in [2.05, 4.69) is 17.0 Å². The van der Waals surface area contributed by atoms with Crippen molar-refractivity contribution in [1.29, 1.82) is 0 Å². The van der Waals surface area contributed by atoms with Crippen LogP contribution in [0.25, 0.3) is 0 Å². The molecule has 4 rings (SSSR count). The molecule has 0 heterocycles. The molecular weight excluding hydrogens is 420 g/mol. The van der Waals surface area contributed by atoms with Crippen molar-refractivity contribution in [2.24, 2.45) is 0 Å². The number of hydrogen-bond donors (Lipinski definition) is 2. The zero-order chi connectivity index (χ0) is 22.8. The van der Waals surface area contributed by atoms with E-state index in [1.54, 1.807) is 24.3 Å². The van der Waals surface area contributed by atoms with Crippen molar-refractivity contribution >= 4 is 21.6 Å². The molecule has 0 saturated heterocycles. The van der Waals surface area contributed by atoms with Gasteiger partial charge in [-0.15, -0.1) is 0 Å². The lowest BCUT2D eigenvalue weighted by molar-refractivity contribution is -0.124. The van der Waals surface area contributed by atoms with Crippen molar-refractivity contribution in [1.82, 2.24) is 5.32 Å². The molecule has 2 aromatic rings. The van der Waals surface area contributed by atoms with E-state index in [0.717, 1.165) is 24.8 Å². The van der Waals surface area contributed by atoms with Crippen LogP contribution >= 0.6 is 0 Å². The zero-order valence-corrected chi connectivity index (χ0v) is 19.9. The molecule has 2 aromatic carbocycles. The molecule has 0 radical (unpaired) electrons. The Morgan fingerprint density at radius 1 is 1.00 bits per heavy atom. The van der Waals surface area contributed by atoms with E-state index >= 15 is 0 Å². The summed E-state index contributed by atoms with van der Waals surface area (Å²) in [6, 6.07) is 14.7. The lowest BCUT2D eigenvalue weighted by Crippen LogP contribution is -2.39. The summed E-state index contributed by atoms with van der Waals surface area (Å²) in [5, 5.41) is 3.08. The van der Waals surface area contributed by atoms with Crippen LogP contribution < -0.4 is 10.0 Å². The molecule has 0 spiro atoms. The number of benzene rings is 2. The summed E-state index contributed by atoms with van der Waals surface area (Å²) >= 11 is 0. The maximum atomic E-state index is 12.9. The molecule has 5 nitrogen and oxygen atoms in total. The summed E-state index contributed by atoms with van der Waals surface area (Å²) < 4.78 is 28.4. The van der Waals surface area contributed by atoms with Crippen LogP contribution in [0.3, 0.4) is 0 Å². The molecule has 0 aliphatic heterocycles. The molecule has 6 heteroatoms. The van der Waals surface area contributed by atoms with Crippen molar-refractivity contribution in [2.75, 3.05) is 4.72 Å². The van der Waals surface area contributed by atoms with Crippen molar-refractivity contribution in [3.63, 3.8) is 0 Å². The van der Waals surface area contributed by atoms with Gasteiger partial charge in [0.05, 0.1) is 10.3 Å². The van der Waals surface area contributed by atoms with E-state index in [1.807, 2.05) is 31.2 Å². The molecule has 0 unspecified atom stereocenters. The number of anilines is 1. The molecule has 32 heavy (non-hydrogen) atoms. The van der Waals surface area contributed by atoms with Crippen molar-refractivity contribution in [2.45, 2.75) is 87.5 Å². The van der Waals surface area contributed by atoms with Crippen molar-refractivity contribution < 1.29 is 13.2 Å². The van der Waals surface area contributed by atoms with Gasteiger partial charge in [-0.25, -0.2) is 8.42 Å². The fourth-order valence-electron chi connectivity index (χ4n) is 4.66. The molecule has 2 aliphatic carbocycles. The first-order chi connectivity index (χ1) is 15.3. The fourth-order valence-corrected chi connectivity index (χ4v) is 5.72. The van der Waals surface area contributed by atoms with Crippen molar-refractivity contribution in [3.05, 3.63) is 59.7 Å². The zero-order valence-electron chi connectivity index (χ0n) is 19.1. The van der Waals surface area contributed by atoms with E-state index in [0.29, 0.717) is 11.6 Å². The van der Waals surface area contributed by atoms with Gasteiger partial charge in [0.1, 0.15) is 0 Å². The van der Waals surface area contributed by atoms with Gasteiger partial charge in [-0.2, -0.15) is 0 Å². The highest BCUT2D eigenvalue weighted by molar-refractivity contribution is 7.92. The minimum absolute atomic E-state index is 0.0678. The Morgan fingerprint density at radius 3 is 2.19 bits per heavy atom. The van der Waals surface area contributed by atoms with Crippen LogP contribution in [0.15, 0.2) is 53.4 Å². The Kier molecular flexibility index (Phi) is 6.61. The van der Waals surface area contributed by atoms with Crippen LogP contribution in [0, 0.1) is 0 Å². The summed E-state index contributed by atoms with van der Waals surface area (Å²) in [6.45, 7) is 4.06. The van der Waals surface area contributed by atoms with E-state index in [-0.39, 0.29) is 16.8 Å². The fraction of sp³-hybridized carbons (Fsp3) is 0.500. The number of hydrogen-bond acceptors (Lipinski definition) is 3. The smallest absolute Gasteiger partial charge is 0.261 e. The van der Waals surface area contributed by atoms with Crippen LogP contribution in [0.4, 0.5) is 5.69 Å². The molecule has 1 atom stereocenters. The minimum atomic E-state index is -3.66. The van der Waals surface area contributed by atoms with Gasteiger partial charge in [0.2, 0.25) is 5.91 Å². The lowest BCUT2D eigenvalue weighted by Gasteiger charge is -2.22. The van der Waals surface area contributed by atoms with Gasteiger partial charge < -0.3 is 5.32 Å². The monoisotopic (exact) mass is 454 g/mol. The molecule has 2 aliphatic rings. The van der Waals surface area contributed by atoms with Crippen molar-refractivity contribution in [3.8, 4) is 0 Å². The van der Waals surface area contributed by atoms with E-state index in [4.69, 9.17) is 0 Å². The maximum Gasteiger partial charge on any atom is 0.261 e. The van der Waals surface area contributed by atoms with Crippen LogP contribution in [-0.2, 0) is 20.2 Å². The average Bonchev–Trinajstić information content (AvgIpc) is 3.62. The molecule has 0 bridgehead atoms. The third-order valence-corrected chi connectivity index (χ3v) is 8.53. The third-order valence-electron chi connectivity index (χ3n) is 7.13. The standard InChI is InChI=1S/C26H34N2O3S/c1-3-19(2)27-25(29)26(17-18-26)22-11-13-23(14-12-22)28-32(30,31)24-15-9-21(10-16-24)20-7-5-4-6-8-20/h9-16,19-20,28H,3-8,17-18H2,1-2H3,(H,27,29)/t19-/m1/s1. The number of amides is 1. The lowest BCUT2D eigenvalue weighted by atomic mass is 9.84.